The molecule has 0 amide bonds. The maximum Gasteiger partial charge on any atom is 0.0565 e. The van der Waals surface area contributed by atoms with Crippen LogP contribution in [0.2, 0.25) is 0 Å². The van der Waals surface area contributed by atoms with Crippen LogP contribution in [0.25, 0.3) is 0 Å². The number of hydrogen-bond donors (Lipinski definition) is 1. The lowest BCUT2D eigenvalue weighted by Gasteiger charge is -2.35. The van der Waals surface area contributed by atoms with Crippen LogP contribution in [0.15, 0.2) is 30.3 Å². The molecule has 1 aliphatic carbocycles. The van der Waals surface area contributed by atoms with Crippen LogP contribution in [0.5, 0.6) is 0 Å². The van der Waals surface area contributed by atoms with Gasteiger partial charge < -0.3 is 10.1 Å². The van der Waals surface area contributed by atoms with Crippen molar-refractivity contribution in [2.24, 2.45) is 11.8 Å². The highest BCUT2D eigenvalue weighted by atomic mass is 16.5. The molecule has 1 aromatic carbocycles. The smallest absolute Gasteiger partial charge is 0.0565 e. The number of nitrogens with one attached hydrogen (secondary N) is 1. The van der Waals surface area contributed by atoms with Gasteiger partial charge in [0.15, 0.2) is 0 Å². The molecule has 3 heteroatoms. The van der Waals surface area contributed by atoms with Gasteiger partial charge in [-0.15, -0.1) is 0 Å². The first-order valence-corrected chi connectivity index (χ1v) is 9.85. The van der Waals surface area contributed by atoms with E-state index in [1.165, 1.54) is 44.3 Å². The average molecular weight is 329 g/mol. The minimum atomic E-state index is 0.404. The van der Waals surface area contributed by atoms with E-state index < -0.39 is 0 Å². The molecule has 3 aliphatic rings. The Morgan fingerprint density at radius 3 is 2.54 bits per heavy atom. The Kier molecular flexibility index (Phi) is 4.93. The van der Waals surface area contributed by atoms with E-state index in [0.29, 0.717) is 18.2 Å². The first-order chi connectivity index (χ1) is 11.7. The van der Waals surface area contributed by atoms with Crippen LogP contribution in [0.3, 0.4) is 0 Å². The zero-order valence-electron chi connectivity index (χ0n) is 15.2. The minimum absolute atomic E-state index is 0.404. The summed E-state index contributed by atoms with van der Waals surface area (Å²) in [6.07, 6.45) is 5.93. The SMILES string of the molecule is CC1CC(NC2CCC3CN(Cc4ccccc4)CC32)CC(C)O1. The molecular weight excluding hydrogens is 296 g/mol. The lowest BCUT2D eigenvalue weighted by molar-refractivity contribution is -0.0442. The summed E-state index contributed by atoms with van der Waals surface area (Å²) in [5, 5.41) is 4.03. The van der Waals surface area contributed by atoms with Gasteiger partial charge in [-0.3, -0.25) is 4.90 Å². The standard InChI is InChI=1S/C21H32N2O/c1-15-10-19(11-16(2)24-15)22-21-9-8-18-13-23(14-20(18)21)12-17-6-4-3-5-7-17/h3-7,15-16,18-22H,8-14H2,1-2H3. The van der Waals surface area contributed by atoms with Gasteiger partial charge in [0.2, 0.25) is 0 Å². The second kappa shape index (κ2) is 7.15. The number of ether oxygens (including phenoxy) is 1. The summed E-state index contributed by atoms with van der Waals surface area (Å²) in [5.41, 5.74) is 1.45. The molecule has 3 nitrogen and oxygen atoms in total. The molecule has 3 fully saturated rings. The molecule has 5 unspecified atom stereocenters. The average Bonchev–Trinajstić information content (AvgIpc) is 3.09. The van der Waals surface area contributed by atoms with Crippen molar-refractivity contribution in [3.05, 3.63) is 35.9 Å². The quantitative estimate of drug-likeness (QED) is 0.916. The third-order valence-electron chi connectivity index (χ3n) is 6.33. The second-order valence-corrected chi connectivity index (χ2v) is 8.38. The summed E-state index contributed by atoms with van der Waals surface area (Å²) < 4.78 is 5.90. The van der Waals surface area contributed by atoms with Crippen LogP contribution < -0.4 is 5.32 Å². The van der Waals surface area contributed by atoms with Gasteiger partial charge in [0.05, 0.1) is 12.2 Å². The molecule has 0 bridgehead atoms. The van der Waals surface area contributed by atoms with E-state index in [9.17, 15) is 0 Å². The maximum absolute atomic E-state index is 5.90. The van der Waals surface area contributed by atoms with Crippen LogP contribution in [0.4, 0.5) is 0 Å². The molecule has 5 atom stereocenters. The van der Waals surface area contributed by atoms with Crippen LogP contribution in [0.1, 0.15) is 45.1 Å². The van der Waals surface area contributed by atoms with Crippen molar-refractivity contribution < 1.29 is 4.74 Å². The third-order valence-corrected chi connectivity index (χ3v) is 6.33. The predicted molar refractivity (Wildman–Crippen MR) is 97.9 cm³/mol. The van der Waals surface area contributed by atoms with Crippen LogP contribution in [-0.4, -0.2) is 42.3 Å². The molecule has 0 aromatic heterocycles. The molecule has 4 rings (SSSR count). The van der Waals surface area contributed by atoms with Crippen LogP contribution >= 0.6 is 0 Å². The van der Waals surface area contributed by atoms with E-state index in [4.69, 9.17) is 4.74 Å². The summed E-state index contributed by atoms with van der Waals surface area (Å²) in [5.74, 6) is 1.75. The highest BCUT2D eigenvalue weighted by Crippen LogP contribution is 2.39. The number of nitrogens with zero attached hydrogens (tertiary/aromatic N) is 1. The Morgan fingerprint density at radius 1 is 1.04 bits per heavy atom. The summed E-state index contributed by atoms with van der Waals surface area (Å²) in [4.78, 5) is 2.67. The highest BCUT2D eigenvalue weighted by molar-refractivity contribution is 5.15. The van der Waals surface area contributed by atoms with Gasteiger partial charge in [0.1, 0.15) is 0 Å². The number of hydrogen-bond acceptors (Lipinski definition) is 3. The fourth-order valence-corrected chi connectivity index (χ4v) is 5.38. The number of fused-ring (bicyclic) bond motifs is 1. The van der Waals surface area contributed by atoms with Crippen molar-refractivity contribution in [1.82, 2.24) is 10.2 Å². The van der Waals surface area contributed by atoms with Gasteiger partial charge in [-0.1, -0.05) is 30.3 Å². The highest BCUT2D eigenvalue weighted by Gasteiger charge is 2.43. The Bertz CT molecular complexity index is 524. The number of likely N-dealkylation sites (tertiary alicyclic amines) is 1. The molecule has 132 valence electrons. The topological polar surface area (TPSA) is 24.5 Å². The molecule has 1 saturated carbocycles. The van der Waals surface area contributed by atoms with Crippen molar-refractivity contribution in [2.45, 2.75) is 70.4 Å². The van der Waals surface area contributed by atoms with Gasteiger partial charge in [0, 0.05) is 31.7 Å². The van der Waals surface area contributed by atoms with Crippen LogP contribution in [0, 0.1) is 11.8 Å². The molecule has 1 aromatic rings. The molecular formula is C21H32N2O. The molecule has 0 radical (unpaired) electrons. The van der Waals surface area contributed by atoms with Crippen molar-refractivity contribution in [2.75, 3.05) is 13.1 Å². The van der Waals surface area contributed by atoms with Gasteiger partial charge in [-0.05, 0) is 56.9 Å². The fraction of sp³-hybridized carbons (Fsp3) is 0.714. The molecule has 24 heavy (non-hydrogen) atoms. The van der Waals surface area contributed by atoms with E-state index in [1.807, 2.05) is 0 Å². The molecule has 2 heterocycles. The van der Waals surface area contributed by atoms with Gasteiger partial charge in [-0.25, -0.2) is 0 Å². The van der Waals surface area contributed by atoms with E-state index >= 15 is 0 Å². The molecule has 2 saturated heterocycles. The van der Waals surface area contributed by atoms with Crippen LogP contribution in [-0.2, 0) is 11.3 Å². The van der Waals surface area contributed by atoms with Gasteiger partial charge in [0.25, 0.3) is 0 Å². The minimum Gasteiger partial charge on any atom is -0.375 e. The second-order valence-electron chi connectivity index (χ2n) is 8.38. The summed E-state index contributed by atoms with van der Waals surface area (Å²) in [6, 6.07) is 12.3. The van der Waals surface area contributed by atoms with Gasteiger partial charge in [-0.2, -0.15) is 0 Å². The lowest BCUT2D eigenvalue weighted by atomic mass is 9.94. The number of rotatable bonds is 4. The first-order valence-electron chi connectivity index (χ1n) is 9.85. The monoisotopic (exact) mass is 328 g/mol. The Labute approximate surface area is 146 Å². The zero-order valence-corrected chi connectivity index (χ0v) is 15.2. The molecule has 1 N–H and O–H groups in total. The van der Waals surface area contributed by atoms with Gasteiger partial charge >= 0.3 is 0 Å². The van der Waals surface area contributed by atoms with Crippen molar-refractivity contribution >= 4 is 0 Å². The number of benzene rings is 1. The Morgan fingerprint density at radius 2 is 1.79 bits per heavy atom. The zero-order chi connectivity index (χ0) is 16.5. The fourth-order valence-electron chi connectivity index (χ4n) is 5.38. The normalized spacial score (nSPS) is 39.9. The molecule has 2 aliphatic heterocycles. The summed E-state index contributed by atoms with van der Waals surface area (Å²) >= 11 is 0. The maximum atomic E-state index is 5.90. The molecule has 0 spiro atoms. The van der Waals surface area contributed by atoms with E-state index in [0.717, 1.165) is 24.4 Å². The third kappa shape index (κ3) is 3.68. The summed E-state index contributed by atoms with van der Waals surface area (Å²) in [6.45, 7) is 8.12. The van der Waals surface area contributed by atoms with E-state index in [2.05, 4.69) is 54.4 Å². The Balaban J connectivity index is 1.33. The lowest BCUT2D eigenvalue weighted by Crippen LogP contribution is -2.47. The predicted octanol–water partition coefficient (Wildman–Crippen LogP) is 3.44. The van der Waals surface area contributed by atoms with Crippen molar-refractivity contribution in [3.8, 4) is 0 Å². The van der Waals surface area contributed by atoms with Crippen molar-refractivity contribution in [1.29, 1.82) is 0 Å². The summed E-state index contributed by atoms with van der Waals surface area (Å²) in [7, 11) is 0. The largest absolute Gasteiger partial charge is 0.375 e. The van der Waals surface area contributed by atoms with E-state index in [1.54, 1.807) is 0 Å². The van der Waals surface area contributed by atoms with Crippen molar-refractivity contribution in [3.63, 3.8) is 0 Å². The van der Waals surface area contributed by atoms with E-state index in [-0.39, 0.29) is 0 Å². The Hall–Kier alpha value is -0.900. The first kappa shape index (κ1) is 16.6.